The molecule has 1 radical (unpaired) electrons. The van der Waals surface area contributed by atoms with Crippen LogP contribution in [0.1, 0.15) is 5.56 Å². The fourth-order valence-corrected chi connectivity index (χ4v) is 0.878. The Morgan fingerprint density at radius 2 is 2.42 bits per heavy atom. The maximum Gasteiger partial charge on any atom is 0.251 e. The fourth-order valence-electron chi connectivity index (χ4n) is 0.878. The van der Waals surface area contributed by atoms with Crippen molar-refractivity contribution >= 4 is 0 Å². The van der Waals surface area contributed by atoms with Crippen molar-refractivity contribution < 1.29 is 5.11 Å². The van der Waals surface area contributed by atoms with Crippen molar-refractivity contribution in [3.63, 3.8) is 0 Å². The van der Waals surface area contributed by atoms with Gasteiger partial charge in [-0.05, 0) is 12.5 Å². The van der Waals surface area contributed by atoms with Gasteiger partial charge in [-0.15, -0.1) is 0 Å². The van der Waals surface area contributed by atoms with E-state index in [9.17, 15) is 4.79 Å². The Balaban J connectivity index is 3.06. The molecule has 1 rings (SSSR count). The maximum atomic E-state index is 11.1. The van der Waals surface area contributed by atoms with E-state index in [0.29, 0.717) is 5.56 Å². The summed E-state index contributed by atoms with van der Waals surface area (Å²) in [6.07, 6.45) is 8.30. The summed E-state index contributed by atoms with van der Waals surface area (Å²) in [6, 6.07) is 2.91. The van der Waals surface area contributed by atoms with Crippen LogP contribution in [0.3, 0.4) is 0 Å². The molecule has 12 heavy (non-hydrogen) atoms. The number of nitrogens with zero attached hydrogens (tertiary/aromatic N) is 1. The lowest BCUT2D eigenvalue weighted by Gasteiger charge is -2.01. The van der Waals surface area contributed by atoms with Crippen LogP contribution in [0.2, 0.25) is 0 Å². The molecule has 0 aliphatic heterocycles. The predicted molar refractivity (Wildman–Crippen MR) is 44.0 cm³/mol. The number of rotatable bonds is 2. The molecule has 0 spiro atoms. The number of hydrogen-bond donors (Lipinski definition) is 1. The zero-order chi connectivity index (χ0) is 8.97. The van der Waals surface area contributed by atoms with E-state index in [-0.39, 0.29) is 18.7 Å². The third-order valence-corrected chi connectivity index (χ3v) is 1.48. The molecular weight excluding hydrogens is 154 g/mol. The van der Waals surface area contributed by atoms with Crippen molar-refractivity contribution in [1.82, 2.24) is 4.57 Å². The largest absolute Gasteiger partial charge is 0.395 e. The van der Waals surface area contributed by atoms with Gasteiger partial charge in [-0.3, -0.25) is 4.79 Å². The monoisotopic (exact) mass is 162 g/mol. The second kappa shape index (κ2) is 3.74. The molecule has 61 valence electrons. The Kier molecular flexibility index (Phi) is 2.67. The molecule has 0 bridgehead atoms. The molecule has 0 saturated heterocycles. The van der Waals surface area contributed by atoms with Gasteiger partial charge in [-0.1, -0.05) is 5.92 Å². The molecule has 0 aromatic carbocycles. The van der Waals surface area contributed by atoms with E-state index < -0.39 is 0 Å². The Morgan fingerprint density at radius 3 is 2.92 bits per heavy atom. The second-order valence-corrected chi connectivity index (χ2v) is 2.30. The Morgan fingerprint density at radius 1 is 1.67 bits per heavy atom. The van der Waals surface area contributed by atoms with Crippen molar-refractivity contribution in [2.75, 3.05) is 6.61 Å². The Labute approximate surface area is 70.3 Å². The number of hydrogen-bond acceptors (Lipinski definition) is 2. The first-order valence-corrected chi connectivity index (χ1v) is 3.52. The zero-order valence-electron chi connectivity index (χ0n) is 6.45. The van der Waals surface area contributed by atoms with E-state index in [1.54, 1.807) is 6.07 Å². The summed E-state index contributed by atoms with van der Waals surface area (Å²) in [5, 5.41) is 8.56. The van der Waals surface area contributed by atoms with Gasteiger partial charge in [-0.25, -0.2) is 0 Å². The molecule has 0 aliphatic rings. The van der Waals surface area contributed by atoms with E-state index in [1.165, 1.54) is 16.8 Å². The van der Waals surface area contributed by atoms with Crippen molar-refractivity contribution in [2.45, 2.75) is 6.54 Å². The van der Waals surface area contributed by atoms with Gasteiger partial charge in [0.05, 0.1) is 6.61 Å². The van der Waals surface area contributed by atoms with Gasteiger partial charge < -0.3 is 9.67 Å². The SMILES string of the molecule is [C]#Cc1ccn(CCO)c(=O)c1. The van der Waals surface area contributed by atoms with Gasteiger partial charge in [0, 0.05) is 24.4 Å². The van der Waals surface area contributed by atoms with Crippen LogP contribution < -0.4 is 5.56 Å². The second-order valence-electron chi connectivity index (χ2n) is 2.30. The van der Waals surface area contributed by atoms with Crippen molar-refractivity contribution in [2.24, 2.45) is 0 Å². The highest BCUT2D eigenvalue weighted by Crippen LogP contribution is 1.90. The normalized spacial score (nSPS) is 9.33. The van der Waals surface area contributed by atoms with E-state index in [2.05, 4.69) is 5.92 Å². The first kappa shape index (κ1) is 8.57. The zero-order valence-corrected chi connectivity index (χ0v) is 6.45. The molecule has 3 heteroatoms. The number of aliphatic hydroxyl groups is 1. The summed E-state index contributed by atoms with van der Waals surface area (Å²) in [7, 11) is 0. The Hall–Kier alpha value is -1.53. The molecule has 3 nitrogen and oxygen atoms in total. The van der Waals surface area contributed by atoms with Gasteiger partial charge in [0.25, 0.3) is 5.56 Å². The van der Waals surface area contributed by atoms with E-state index in [1.807, 2.05) is 0 Å². The lowest BCUT2D eigenvalue weighted by molar-refractivity contribution is 0.274. The third-order valence-electron chi connectivity index (χ3n) is 1.48. The van der Waals surface area contributed by atoms with Crippen molar-refractivity contribution in [3.8, 4) is 5.92 Å². The molecule has 1 heterocycles. The van der Waals surface area contributed by atoms with Crippen LogP contribution in [0.4, 0.5) is 0 Å². The molecule has 0 amide bonds. The smallest absolute Gasteiger partial charge is 0.251 e. The van der Waals surface area contributed by atoms with E-state index in [0.717, 1.165) is 0 Å². The Bertz CT molecular complexity index is 360. The molecule has 0 unspecified atom stereocenters. The topological polar surface area (TPSA) is 42.2 Å². The third kappa shape index (κ3) is 1.74. The molecule has 1 N–H and O–H groups in total. The highest BCUT2D eigenvalue weighted by atomic mass is 16.3. The molecule has 1 aromatic heterocycles. The van der Waals surface area contributed by atoms with Gasteiger partial charge >= 0.3 is 0 Å². The number of aliphatic hydroxyl groups excluding tert-OH is 1. The summed E-state index contributed by atoms with van der Waals surface area (Å²) in [5.74, 6) is 2.11. The number of pyridine rings is 1. The summed E-state index contributed by atoms with van der Waals surface area (Å²) >= 11 is 0. The summed E-state index contributed by atoms with van der Waals surface area (Å²) in [4.78, 5) is 11.1. The molecule has 0 atom stereocenters. The molecule has 1 aromatic rings. The molecule has 0 saturated carbocycles. The van der Waals surface area contributed by atoms with E-state index >= 15 is 0 Å². The lowest BCUT2D eigenvalue weighted by atomic mass is 10.3. The minimum atomic E-state index is -0.221. The first-order chi connectivity index (χ1) is 5.77. The van der Waals surface area contributed by atoms with Crippen LogP contribution >= 0.6 is 0 Å². The highest BCUT2D eigenvalue weighted by molar-refractivity contribution is 5.27. The van der Waals surface area contributed by atoms with Crippen molar-refractivity contribution in [1.29, 1.82) is 0 Å². The van der Waals surface area contributed by atoms with Crippen LogP contribution in [0.15, 0.2) is 23.1 Å². The van der Waals surface area contributed by atoms with Crippen LogP contribution in [-0.4, -0.2) is 16.3 Å². The van der Waals surface area contributed by atoms with E-state index in [4.69, 9.17) is 11.5 Å². The molecular formula is C9H8NO2. The van der Waals surface area contributed by atoms with Gasteiger partial charge in [0.15, 0.2) is 0 Å². The molecule has 0 fully saturated rings. The predicted octanol–water partition coefficient (Wildman–Crippen LogP) is -0.222. The summed E-state index contributed by atoms with van der Waals surface area (Å²) in [5.41, 5.74) is 0.232. The highest BCUT2D eigenvalue weighted by Gasteiger charge is 1.94. The summed E-state index contributed by atoms with van der Waals surface area (Å²) < 4.78 is 1.38. The van der Waals surface area contributed by atoms with Crippen molar-refractivity contribution in [3.05, 3.63) is 40.7 Å². The molecule has 0 aliphatic carbocycles. The number of aromatic nitrogens is 1. The van der Waals surface area contributed by atoms with Crippen LogP contribution in [0.25, 0.3) is 0 Å². The van der Waals surface area contributed by atoms with Crippen LogP contribution in [0.5, 0.6) is 0 Å². The average molecular weight is 162 g/mol. The quantitative estimate of drug-likeness (QED) is 0.611. The minimum Gasteiger partial charge on any atom is -0.395 e. The lowest BCUT2D eigenvalue weighted by Crippen LogP contribution is -2.20. The van der Waals surface area contributed by atoms with Crippen LogP contribution in [-0.2, 0) is 6.54 Å². The average Bonchev–Trinajstić information content (AvgIpc) is 2.09. The fraction of sp³-hybridized carbons (Fsp3) is 0.222. The summed E-state index contributed by atoms with van der Waals surface area (Å²) in [6.45, 7) is 0.227. The minimum absolute atomic E-state index is 0.0619. The maximum absolute atomic E-state index is 11.1. The van der Waals surface area contributed by atoms with Gasteiger partial charge in [0.2, 0.25) is 0 Å². The standard InChI is InChI=1S/C9H8NO2/c1-2-8-3-4-10(5-6-11)9(12)7-8/h3-4,7,11H,5-6H2. The first-order valence-electron chi connectivity index (χ1n) is 3.52. The van der Waals surface area contributed by atoms with Gasteiger partial charge in [0.1, 0.15) is 0 Å². The van der Waals surface area contributed by atoms with Gasteiger partial charge in [-0.2, -0.15) is 0 Å². The van der Waals surface area contributed by atoms with Crippen LogP contribution in [0, 0.1) is 12.3 Å².